The molecule has 0 aromatic rings. The molecule has 0 amide bonds. The fraction of sp³-hybridized carbons (Fsp3) is 0.600. The van der Waals surface area contributed by atoms with Crippen LogP contribution in [-0.2, 0) is 0 Å². The predicted molar refractivity (Wildman–Crippen MR) is 40.4 cm³/mol. The van der Waals surface area contributed by atoms with Gasteiger partial charge in [-0.2, -0.15) is 0 Å². The van der Waals surface area contributed by atoms with E-state index in [2.05, 4.69) is 40.8 Å². The lowest BCUT2D eigenvalue weighted by Gasteiger charge is -1.85. The molecule has 7 heavy (non-hydrogen) atoms. The average molecular weight is 178 g/mol. The molecular formula is C5H10BrSi. The summed E-state index contributed by atoms with van der Waals surface area (Å²) in [4.78, 5) is 0. The van der Waals surface area contributed by atoms with E-state index in [1.54, 1.807) is 0 Å². The van der Waals surface area contributed by atoms with Gasteiger partial charge in [-0.15, -0.1) is 0 Å². The SMILES string of the molecule is C[Si](C)/C=C/CBr. The summed E-state index contributed by atoms with van der Waals surface area (Å²) in [6.45, 7) is 4.54. The van der Waals surface area contributed by atoms with E-state index in [4.69, 9.17) is 0 Å². The summed E-state index contributed by atoms with van der Waals surface area (Å²) in [5.74, 6) is 0. The Balaban J connectivity index is 3.08. The van der Waals surface area contributed by atoms with Gasteiger partial charge in [-0.1, -0.05) is 40.8 Å². The summed E-state index contributed by atoms with van der Waals surface area (Å²) in [7, 11) is -0.108. The van der Waals surface area contributed by atoms with E-state index in [-0.39, 0.29) is 8.80 Å². The van der Waals surface area contributed by atoms with Crippen molar-refractivity contribution in [1.29, 1.82) is 0 Å². The maximum Gasteiger partial charge on any atom is 0.0689 e. The number of hydrogen-bond acceptors (Lipinski definition) is 0. The van der Waals surface area contributed by atoms with Crippen molar-refractivity contribution in [3.63, 3.8) is 0 Å². The minimum absolute atomic E-state index is 0.108. The Morgan fingerprint density at radius 3 is 2.29 bits per heavy atom. The summed E-state index contributed by atoms with van der Waals surface area (Å²) >= 11 is 3.31. The lowest BCUT2D eigenvalue weighted by Crippen LogP contribution is -1.91. The lowest BCUT2D eigenvalue weighted by molar-refractivity contribution is 1.81. The fourth-order valence-corrected chi connectivity index (χ4v) is 1.40. The molecule has 0 unspecified atom stereocenters. The molecule has 0 bridgehead atoms. The van der Waals surface area contributed by atoms with E-state index < -0.39 is 0 Å². The van der Waals surface area contributed by atoms with Gasteiger partial charge in [0.2, 0.25) is 0 Å². The van der Waals surface area contributed by atoms with Crippen molar-refractivity contribution < 1.29 is 0 Å². The zero-order chi connectivity index (χ0) is 5.70. The summed E-state index contributed by atoms with van der Waals surface area (Å²) in [5.41, 5.74) is 2.28. The molecule has 1 radical (unpaired) electrons. The number of allylic oxidation sites excluding steroid dienone is 1. The maximum atomic E-state index is 3.31. The van der Waals surface area contributed by atoms with Gasteiger partial charge in [0, 0.05) is 5.33 Å². The van der Waals surface area contributed by atoms with Crippen LogP contribution >= 0.6 is 15.9 Å². The summed E-state index contributed by atoms with van der Waals surface area (Å²) in [6, 6.07) is 0. The third kappa shape index (κ3) is 6.44. The van der Waals surface area contributed by atoms with E-state index >= 15 is 0 Å². The smallest absolute Gasteiger partial charge is 0.0689 e. The highest BCUT2D eigenvalue weighted by Gasteiger charge is 1.82. The average Bonchev–Trinajstić information content (AvgIpc) is 1.61. The molecule has 0 heterocycles. The summed E-state index contributed by atoms with van der Waals surface area (Å²) < 4.78 is 0. The minimum Gasteiger partial charge on any atom is -0.0997 e. The first-order valence-electron chi connectivity index (χ1n) is 2.30. The quantitative estimate of drug-likeness (QED) is 0.449. The van der Waals surface area contributed by atoms with Crippen LogP contribution in [0.15, 0.2) is 11.8 Å². The van der Waals surface area contributed by atoms with Gasteiger partial charge in [-0.25, -0.2) is 0 Å². The molecule has 0 fully saturated rings. The lowest BCUT2D eigenvalue weighted by atomic mass is 10.8. The largest absolute Gasteiger partial charge is 0.0997 e. The summed E-state index contributed by atoms with van der Waals surface area (Å²) in [5, 5.41) is 1.00. The molecule has 0 aliphatic rings. The molecular weight excluding hydrogens is 168 g/mol. The van der Waals surface area contributed by atoms with E-state index in [1.807, 2.05) is 0 Å². The van der Waals surface area contributed by atoms with Gasteiger partial charge in [0.1, 0.15) is 0 Å². The summed E-state index contributed by atoms with van der Waals surface area (Å²) in [6.07, 6.45) is 2.16. The Bertz CT molecular complexity index is 59.1. The van der Waals surface area contributed by atoms with Crippen molar-refractivity contribution >= 4 is 24.7 Å². The molecule has 0 aromatic heterocycles. The van der Waals surface area contributed by atoms with Crippen molar-refractivity contribution in [3.05, 3.63) is 11.8 Å². The van der Waals surface area contributed by atoms with Crippen molar-refractivity contribution in [2.45, 2.75) is 13.1 Å². The van der Waals surface area contributed by atoms with Crippen molar-refractivity contribution in [2.24, 2.45) is 0 Å². The van der Waals surface area contributed by atoms with Gasteiger partial charge in [0.15, 0.2) is 0 Å². The Labute approximate surface area is 55.4 Å². The third-order valence-electron chi connectivity index (χ3n) is 0.540. The van der Waals surface area contributed by atoms with Crippen LogP contribution in [-0.4, -0.2) is 14.1 Å². The Kier molecular flexibility index (Phi) is 4.88. The van der Waals surface area contributed by atoms with Crippen molar-refractivity contribution in [1.82, 2.24) is 0 Å². The van der Waals surface area contributed by atoms with Gasteiger partial charge in [0.25, 0.3) is 0 Å². The van der Waals surface area contributed by atoms with Crippen molar-refractivity contribution in [3.8, 4) is 0 Å². The van der Waals surface area contributed by atoms with E-state index in [9.17, 15) is 0 Å². The highest BCUT2D eigenvalue weighted by Crippen LogP contribution is 1.85. The molecule has 2 heteroatoms. The van der Waals surface area contributed by atoms with Crippen LogP contribution in [0, 0.1) is 0 Å². The predicted octanol–water partition coefficient (Wildman–Crippen LogP) is 2.23. The normalized spacial score (nSPS) is 11.4. The van der Waals surface area contributed by atoms with Gasteiger partial charge in [0.05, 0.1) is 8.80 Å². The molecule has 0 saturated carbocycles. The van der Waals surface area contributed by atoms with E-state index in [1.165, 1.54) is 0 Å². The van der Waals surface area contributed by atoms with Crippen LogP contribution < -0.4 is 0 Å². The second kappa shape index (κ2) is 4.59. The molecule has 0 N–H and O–H groups in total. The van der Waals surface area contributed by atoms with Gasteiger partial charge >= 0.3 is 0 Å². The van der Waals surface area contributed by atoms with Gasteiger partial charge < -0.3 is 0 Å². The standard InChI is InChI=1S/C5H10BrSi/c1-7(2)5-3-4-6/h3,5H,4H2,1-2H3/b5-3+. The zero-order valence-corrected chi connectivity index (χ0v) is 7.33. The Hall–Kier alpha value is 0.437. The monoisotopic (exact) mass is 177 g/mol. The fourth-order valence-electron chi connectivity index (χ4n) is 0.280. The van der Waals surface area contributed by atoms with Crippen LogP contribution in [0.5, 0.6) is 0 Å². The van der Waals surface area contributed by atoms with E-state index in [0.717, 1.165) is 5.33 Å². The highest BCUT2D eigenvalue weighted by molar-refractivity contribution is 9.09. The first kappa shape index (κ1) is 7.44. The second-order valence-electron chi connectivity index (χ2n) is 1.63. The molecule has 41 valence electrons. The molecule has 0 nitrogen and oxygen atoms in total. The van der Waals surface area contributed by atoms with Gasteiger partial charge in [-0.05, 0) is 0 Å². The Morgan fingerprint density at radius 2 is 2.14 bits per heavy atom. The maximum absolute atomic E-state index is 3.31. The topological polar surface area (TPSA) is 0 Å². The molecule has 0 aliphatic carbocycles. The number of alkyl halides is 1. The van der Waals surface area contributed by atoms with Crippen LogP contribution in [0.1, 0.15) is 0 Å². The number of rotatable bonds is 2. The van der Waals surface area contributed by atoms with Crippen LogP contribution in [0.4, 0.5) is 0 Å². The van der Waals surface area contributed by atoms with E-state index in [0.29, 0.717) is 0 Å². The molecule has 0 aliphatic heterocycles. The minimum atomic E-state index is -0.108. The van der Waals surface area contributed by atoms with Gasteiger partial charge in [-0.3, -0.25) is 0 Å². The third-order valence-corrected chi connectivity index (χ3v) is 1.82. The first-order valence-corrected chi connectivity index (χ1v) is 6.00. The Morgan fingerprint density at radius 1 is 1.57 bits per heavy atom. The van der Waals surface area contributed by atoms with Crippen LogP contribution in [0.3, 0.4) is 0 Å². The molecule has 0 rings (SSSR count). The molecule has 0 atom stereocenters. The highest BCUT2D eigenvalue weighted by atomic mass is 79.9. The number of halogens is 1. The molecule has 0 saturated heterocycles. The first-order chi connectivity index (χ1) is 3.27. The second-order valence-corrected chi connectivity index (χ2v) is 4.77. The molecule has 0 aromatic carbocycles. The number of hydrogen-bond donors (Lipinski definition) is 0. The van der Waals surface area contributed by atoms with Crippen LogP contribution in [0.2, 0.25) is 13.1 Å². The van der Waals surface area contributed by atoms with Crippen molar-refractivity contribution in [2.75, 3.05) is 5.33 Å². The molecule has 0 spiro atoms. The van der Waals surface area contributed by atoms with Crippen LogP contribution in [0.25, 0.3) is 0 Å². The zero-order valence-electron chi connectivity index (χ0n) is 4.74.